The number of hydrogen-bond donors (Lipinski definition) is 2. The summed E-state index contributed by atoms with van der Waals surface area (Å²) in [5, 5.41) is 5.52. The number of allylic oxidation sites excluding steroid dienone is 4. The standard InChI is InChI=1S/C29H33N3O6/c1-3-4-6-11-20(33)15-23(34)30-22(18-9-7-5-8-10-18)16-24(35)31-26-17(2)14-21-25(27(26)36)29(38)32(28(21)37)19-12-13-19/h3-11,17,19,21-22,25-26H,12-16H2,1-2H3,(H,30,34)(H,31,35)/b4-3+,11-6+/t17?,21-,22-,25+,26-/m0/s1. The summed E-state index contributed by atoms with van der Waals surface area (Å²) in [6, 6.07) is 7.17. The van der Waals surface area contributed by atoms with Gasteiger partial charge in [-0.15, -0.1) is 0 Å². The molecular formula is C29H33N3O6. The molecule has 5 atom stereocenters. The molecule has 0 aromatic heterocycles. The van der Waals surface area contributed by atoms with Crippen molar-refractivity contribution in [2.45, 2.75) is 64.1 Å². The third-order valence-electron chi connectivity index (χ3n) is 7.34. The molecule has 1 unspecified atom stereocenters. The zero-order valence-corrected chi connectivity index (χ0v) is 21.6. The minimum atomic E-state index is -1.05. The molecule has 1 aromatic carbocycles. The van der Waals surface area contributed by atoms with Crippen LogP contribution in [0.2, 0.25) is 0 Å². The predicted molar refractivity (Wildman–Crippen MR) is 138 cm³/mol. The molecule has 4 rings (SSSR count). The number of imide groups is 1. The Hall–Kier alpha value is -3.88. The molecule has 1 aromatic rings. The van der Waals surface area contributed by atoms with Gasteiger partial charge in [-0.05, 0) is 43.7 Å². The summed E-state index contributed by atoms with van der Waals surface area (Å²) in [6.45, 7) is 3.60. The number of Topliss-reactive ketones (excluding diaryl/α,β-unsaturated/α-hetero) is 1. The number of rotatable bonds is 10. The Morgan fingerprint density at radius 3 is 2.39 bits per heavy atom. The number of ketones is 2. The van der Waals surface area contributed by atoms with Gasteiger partial charge in [0, 0.05) is 6.04 Å². The Balaban J connectivity index is 1.42. The summed E-state index contributed by atoms with van der Waals surface area (Å²) >= 11 is 0. The Morgan fingerprint density at radius 2 is 1.74 bits per heavy atom. The molecule has 9 nitrogen and oxygen atoms in total. The number of carbonyl (C=O) groups excluding carboxylic acids is 6. The SMILES string of the molecule is C/C=C/C=C/C(=O)CC(=O)N[C@@H](CC(=O)N[C@@H]1C(=O)[C@@H]2C(=O)N(C3CC3)C(=O)[C@H]2CC1C)c1ccccc1. The second kappa shape index (κ2) is 11.7. The van der Waals surface area contributed by atoms with Crippen LogP contribution >= 0.6 is 0 Å². The Labute approximate surface area is 221 Å². The van der Waals surface area contributed by atoms with E-state index in [1.807, 2.05) is 13.0 Å². The zero-order chi connectivity index (χ0) is 27.4. The van der Waals surface area contributed by atoms with Crippen molar-refractivity contribution in [3.63, 3.8) is 0 Å². The average Bonchev–Trinajstić information content (AvgIpc) is 3.67. The monoisotopic (exact) mass is 519 g/mol. The van der Waals surface area contributed by atoms with E-state index in [9.17, 15) is 28.8 Å². The molecule has 0 bridgehead atoms. The molecule has 1 aliphatic heterocycles. The van der Waals surface area contributed by atoms with Crippen LogP contribution < -0.4 is 10.6 Å². The lowest BCUT2D eigenvalue weighted by Crippen LogP contribution is -2.54. The van der Waals surface area contributed by atoms with Crippen molar-refractivity contribution in [1.29, 1.82) is 0 Å². The molecule has 1 saturated heterocycles. The number of likely N-dealkylation sites (tertiary alicyclic amines) is 1. The van der Waals surface area contributed by atoms with Gasteiger partial charge >= 0.3 is 0 Å². The number of amides is 4. The molecule has 0 spiro atoms. The van der Waals surface area contributed by atoms with Crippen LogP contribution in [0.4, 0.5) is 0 Å². The van der Waals surface area contributed by atoms with E-state index in [4.69, 9.17) is 0 Å². The number of benzene rings is 1. The number of nitrogens with one attached hydrogen (secondary N) is 2. The molecule has 3 fully saturated rings. The first-order chi connectivity index (χ1) is 18.2. The topological polar surface area (TPSA) is 130 Å². The summed E-state index contributed by atoms with van der Waals surface area (Å²) in [4.78, 5) is 78.1. The van der Waals surface area contributed by atoms with E-state index in [1.165, 1.54) is 11.0 Å². The van der Waals surface area contributed by atoms with E-state index in [0.717, 1.165) is 12.8 Å². The van der Waals surface area contributed by atoms with E-state index in [0.29, 0.717) is 12.0 Å². The molecule has 2 saturated carbocycles. The van der Waals surface area contributed by atoms with Gasteiger partial charge in [-0.3, -0.25) is 33.7 Å². The highest BCUT2D eigenvalue weighted by Gasteiger charge is 2.59. The van der Waals surface area contributed by atoms with Gasteiger partial charge in [0.15, 0.2) is 11.6 Å². The van der Waals surface area contributed by atoms with Crippen LogP contribution in [0.25, 0.3) is 0 Å². The number of hydrogen-bond acceptors (Lipinski definition) is 6. The van der Waals surface area contributed by atoms with Crippen LogP contribution in [0.15, 0.2) is 54.6 Å². The molecule has 2 N–H and O–H groups in total. The van der Waals surface area contributed by atoms with Gasteiger partial charge < -0.3 is 10.6 Å². The van der Waals surface area contributed by atoms with Crippen LogP contribution in [0, 0.1) is 17.8 Å². The first-order valence-corrected chi connectivity index (χ1v) is 13.1. The normalized spacial score (nSPS) is 26.1. The van der Waals surface area contributed by atoms with E-state index in [1.54, 1.807) is 49.4 Å². The second-order valence-electron chi connectivity index (χ2n) is 10.3. The van der Waals surface area contributed by atoms with Crippen molar-refractivity contribution in [2.24, 2.45) is 17.8 Å². The molecule has 38 heavy (non-hydrogen) atoms. The van der Waals surface area contributed by atoms with Crippen LogP contribution in [-0.2, 0) is 28.8 Å². The van der Waals surface area contributed by atoms with Gasteiger partial charge in [0.1, 0.15) is 5.92 Å². The third-order valence-corrected chi connectivity index (χ3v) is 7.34. The smallest absolute Gasteiger partial charge is 0.240 e. The molecular weight excluding hydrogens is 486 g/mol. The maximum atomic E-state index is 13.3. The number of nitrogens with zero attached hydrogens (tertiary/aromatic N) is 1. The van der Waals surface area contributed by atoms with Gasteiger partial charge in [0.2, 0.25) is 23.6 Å². The minimum absolute atomic E-state index is 0.0996. The predicted octanol–water partition coefficient (Wildman–Crippen LogP) is 2.18. The van der Waals surface area contributed by atoms with Crippen LogP contribution in [0.3, 0.4) is 0 Å². The van der Waals surface area contributed by atoms with Crippen molar-refractivity contribution in [3.8, 4) is 0 Å². The highest BCUT2D eigenvalue weighted by molar-refractivity contribution is 6.18. The van der Waals surface area contributed by atoms with E-state index < -0.39 is 47.4 Å². The van der Waals surface area contributed by atoms with Gasteiger partial charge in [0.05, 0.1) is 30.8 Å². The summed E-state index contributed by atoms with van der Waals surface area (Å²) in [5.74, 6) is -4.54. The summed E-state index contributed by atoms with van der Waals surface area (Å²) < 4.78 is 0. The van der Waals surface area contributed by atoms with Crippen molar-refractivity contribution in [1.82, 2.24) is 15.5 Å². The maximum Gasteiger partial charge on any atom is 0.240 e. The van der Waals surface area contributed by atoms with Crippen molar-refractivity contribution in [2.75, 3.05) is 0 Å². The number of carbonyl (C=O) groups is 6. The first kappa shape index (κ1) is 27.2. The Morgan fingerprint density at radius 1 is 1.03 bits per heavy atom. The molecule has 200 valence electrons. The molecule has 2 aliphatic carbocycles. The van der Waals surface area contributed by atoms with Crippen molar-refractivity contribution < 1.29 is 28.8 Å². The summed E-state index contributed by atoms with van der Waals surface area (Å²) in [6.07, 6.45) is 7.66. The summed E-state index contributed by atoms with van der Waals surface area (Å²) in [7, 11) is 0. The lowest BCUT2D eigenvalue weighted by Gasteiger charge is -2.33. The Bertz CT molecular complexity index is 1190. The largest absolute Gasteiger partial charge is 0.348 e. The van der Waals surface area contributed by atoms with Crippen LogP contribution in [0.5, 0.6) is 0 Å². The minimum Gasteiger partial charge on any atom is -0.348 e. The Kier molecular flexibility index (Phi) is 8.34. The first-order valence-electron chi connectivity index (χ1n) is 13.1. The van der Waals surface area contributed by atoms with Crippen molar-refractivity contribution >= 4 is 35.2 Å². The lowest BCUT2D eigenvalue weighted by molar-refractivity contribution is -0.143. The van der Waals surface area contributed by atoms with E-state index >= 15 is 0 Å². The van der Waals surface area contributed by atoms with Gasteiger partial charge in [-0.1, -0.05) is 55.5 Å². The van der Waals surface area contributed by atoms with Crippen molar-refractivity contribution in [3.05, 3.63) is 60.2 Å². The molecule has 0 radical (unpaired) electrons. The van der Waals surface area contributed by atoms with E-state index in [2.05, 4.69) is 10.6 Å². The number of fused-ring (bicyclic) bond motifs is 1. The summed E-state index contributed by atoms with van der Waals surface area (Å²) in [5.41, 5.74) is 0.674. The van der Waals surface area contributed by atoms with Crippen LogP contribution in [-0.4, -0.2) is 52.2 Å². The lowest BCUT2D eigenvalue weighted by atomic mass is 9.72. The zero-order valence-electron chi connectivity index (χ0n) is 21.6. The molecule has 1 heterocycles. The van der Waals surface area contributed by atoms with Gasteiger partial charge in [0.25, 0.3) is 0 Å². The van der Waals surface area contributed by atoms with Gasteiger partial charge in [-0.25, -0.2) is 0 Å². The fourth-order valence-electron chi connectivity index (χ4n) is 5.32. The van der Waals surface area contributed by atoms with Gasteiger partial charge in [-0.2, -0.15) is 0 Å². The average molecular weight is 520 g/mol. The quantitative estimate of drug-likeness (QED) is 0.211. The molecule has 4 amide bonds. The highest BCUT2D eigenvalue weighted by Crippen LogP contribution is 2.43. The third kappa shape index (κ3) is 5.98. The molecule has 3 aliphatic rings. The fraction of sp³-hybridized carbons (Fsp3) is 0.448. The van der Waals surface area contributed by atoms with E-state index in [-0.39, 0.29) is 36.5 Å². The maximum absolute atomic E-state index is 13.3. The van der Waals surface area contributed by atoms with Crippen LogP contribution in [0.1, 0.15) is 57.6 Å². The fourth-order valence-corrected chi connectivity index (χ4v) is 5.32. The highest BCUT2D eigenvalue weighted by atomic mass is 16.2. The molecule has 9 heteroatoms. The second-order valence-corrected chi connectivity index (χ2v) is 10.3.